The van der Waals surface area contributed by atoms with Gasteiger partial charge >= 0.3 is 12.1 Å². The highest BCUT2D eigenvalue weighted by Crippen LogP contribution is 2.44. The number of rotatable bonds is 6. The molecule has 1 spiro atoms. The largest absolute Gasteiger partial charge is 0.497 e. The Hall–Kier alpha value is -2.33. The molecule has 0 bridgehead atoms. The van der Waals surface area contributed by atoms with Gasteiger partial charge in [0, 0.05) is 49.7 Å². The lowest BCUT2D eigenvalue weighted by atomic mass is 9.77. The number of carbonyl (C=O) groups excluding carboxylic acids is 1. The van der Waals surface area contributed by atoms with Gasteiger partial charge in [-0.1, -0.05) is 6.07 Å². The number of amides is 1. The molecule has 0 radical (unpaired) electrons. The number of alkyl halides is 3. The van der Waals surface area contributed by atoms with Crippen LogP contribution < -0.4 is 4.74 Å². The number of halogens is 3. The molecule has 1 saturated carbocycles. The fraction of sp³-hybridized carbons (Fsp3) is 0.652. The second-order valence-electron chi connectivity index (χ2n) is 9.25. The summed E-state index contributed by atoms with van der Waals surface area (Å²) in [5.74, 6) is -0.577. The molecule has 3 fully saturated rings. The van der Waals surface area contributed by atoms with E-state index in [0.29, 0.717) is 11.5 Å². The SMILES string of the molecule is COc1cccc(C(=O)N2CC[C@@]3(CN(C)C[C@@H]3COCC3CC3)C2)c1.O=C(O)C(F)(F)F. The van der Waals surface area contributed by atoms with Crippen molar-refractivity contribution in [2.24, 2.45) is 17.3 Å². The number of carbonyl (C=O) groups is 2. The lowest BCUT2D eigenvalue weighted by molar-refractivity contribution is -0.192. The average molecular weight is 473 g/mol. The van der Waals surface area contributed by atoms with Crippen LogP contribution in [0.4, 0.5) is 13.2 Å². The number of carboxylic acid groups (broad SMARTS) is 1. The number of methoxy groups -OCH3 is 1. The van der Waals surface area contributed by atoms with Crippen molar-refractivity contribution in [2.75, 3.05) is 53.6 Å². The van der Waals surface area contributed by atoms with Crippen LogP contribution >= 0.6 is 0 Å². The molecule has 2 heterocycles. The maximum atomic E-state index is 13.0. The summed E-state index contributed by atoms with van der Waals surface area (Å²) in [5, 5.41) is 7.12. The number of ether oxygens (including phenoxy) is 2. The highest BCUT2D eigenvalue weighted by atomic mass is 19.4. The molecule has 2 atom stereocenters. The van der Waals surface area contributed by atoms with E-state index in [2.05, 4.69) is 11.9 Å². The Kier molecular flexibility index (Phi) is 7.89. The molecule has 184 valence electrons. The zero-order valence-corrected chi connectivity index (χ0v) is 18.9. The Balaban J connectivity index is 0.000000383. The van der Waals surface area contributed by atoms with Crippen LogP contribution in [-0.4, -0.2) is 86.5 Å². The second kappa shape index (κ2) is 10.3. The third-order valence-electron chi connectivity index (χ3n) is 6.58. The summed E-state index contributed by atoms with van der Waals surface area (Å²) < 4.78 is 43.0. The molecule has 2 aliphatic heterocycles. The van der Waals surface area contributed by atoms with E-state index >= 15 is 0 Å². The highest BCUT2D eigenvalue weighted by molar-refractivity contribution is 5.94. The molecule has 0 aromatic heterocycles. The van der Waals surface area contributed by atoms with Gasteiger partial charge in [0.2, 0.25) is 0 Å². The number of nitrogens with zero attached hydrogens (tertiary/aromatic N) is 2. The Bertz CT molecular complexity index is 846. The Labute approximate surface area is 191 Å². The molecule has 1 aromatic rings. The number of likely N-dealkylation sites (tertiary alicyclic amines) is 2. The van der Waals surface area contributed by atoms with Gasteiger partial charge in [-0.25, -0.2) is 4.79 Å². The van der Waals surface area contributed by atoms with Crippen molar-refractivity contribution in [1.29, 1.82) is 0 Å². The first-order valence-electron chi connectivity index (χ1n) is 11.0. The normalized spacial score (nSPS) is 25.1. The predicted molar refractivity (Wildman–Crippen MR) is 114 cm³/mol. The van der Waals surface area contributed by atoms with E-state index in [1.165, 1.54) is 12.8 Å². The summed E-state index contributed by atoms with van der Waals surface area (Å²) in [6.07, 6.45) is -1.35. The van der Waals surface area contributed by atoms with Gasteiger partial charge in [0.1, 0.15) is 5.75 Å². The van der Waals surface area contributed by atoms with Crippen molar-refractivity contribution in [3.05, 3.63) is 29.8 Å². The molecule has 1 amide bonds. The van der Waals surface area contributed by atoms with Crippen molar-refractivity contribution in [1.82, 2.24) is 9.80 Å². The van der Waals surface area contributed by atoms with Gasteiger partial charge in [0.25, 0.3) is 5.91 Å². The Morgan fingerprint density at radius 1 is 1.21 bits per heavy atom. The van der Waals surface area contributed by atoms with Gasteiger partial charge < -0.3 is 24.4 Å². The topological polar surface area (TPSA) is 79.3 Å². The van der Waals surface area contributed by atoms with Crippen molar-refractivity contribution in [3.63, 3.8) is 0 Å². The first-order chi connectivity index (χ1) is 15.5. The van der Waals surface area contributed by atoms with Crippen LogP contribution in [0.15, 0.2) is 24.3 Å². The van der Waals surface area contributed by atoms with Crippen LogP contribution in [0.3, 0.4) is 0 Å². The quantitative estimate of drug-likeness (QED) is 0.685. The van der Waals surface area contributed by atoms with Crippen molar-refractivity contribution >= 4 is 11.9 Å². The minimum absolute atomic E-state index is 0.118. The zero-order valence-electron chi connectivity index (χ0n) is 18.9. The Morgan fingerprint density at radius 2 is 1.91 bits per heavy atom. The fourth-order valence-electron chi connectivity index (χ4n) is 4.66. The number of aliphatic carboxylic acids is 1. The maximum absolute atomic E-state index is 13.0. The van der Waals surface area contributed by atoms with Crippen LogP contribution in [0.5, 0.6) is 5.75 Å². The zero-order chi connectivity index (χ0) is 24.2. The molecule has 33 heavy (non-hydrogen) atoms. The third kappa shape index (κ3) is 6.60. The monoisotopic (exact) mass is 472 g/mol. The summed E-state index contributed by atoms with van der Waals surface area (Å²) >= 11 is 0. The summed E-state index contributed by atoms with van der Waals surface area (Å²) in [6.45, 7) is 5.57. The summed E-state index contributed by atoms with van der Waals surface area (Å²) in [4.78, 5) is 26.3. The fourth-order valence-corrected chi connectivity index (χ4v) is 4.66. The number of carboxylic acids is 1. The van der Waals surface area contributed by atoms with E-state index < -0.39 is 12.1 Å². The number of benzene rings is 1. The van der Waals surface area contributed by atoms with Crippen LogP contribution in [0.2, 0.25) is 0 Å². The summed E-state index contributed by atoms with van der Waals surface area (Å²) in [5.41, 5.74) is 0.904. The molecular weight excluding hydrogens is 441 g/mol. The molecule has 1 aliphatic carbocycles. The van der Waals surface area contributed by atoms with Gasteiger partial charge in [-0.05, 0) is 50.4 Å². The van der Waals surface area contributed by atoms with Gasteiger partial charge in [-0.15, -0.1) is 0 Å². The molecule has 1 aromatic carbocycles. The van der Waals surface area contributed by atoms with Crippen LogP contribution in [-0.2, 0) is 9.53 Å². The maximum Gasteiger partial charge on any atom is 0.490 e. The van der Waals surface area contributed by atoms with Crippen molar-refractivity contribution in [3.8, 4) is 5.75 Å². The minimum Gasteiger partial charge on any atom is -0.497 e. The highest BCUT2D eigenvalue weighted by Gasteiger charge is 2.50. The van der Waals surface area contributed by atoms with E-state index in [-0.39, 0.29) is 11.3 Å². The molecule has 1 N–H and O–H groups in total. The lowest BCUT2D eigenvalue weighted by Gasteiger charge is -2.30. The van der Waals surface area contributed by atoms with E-state index in [9.17, 15) is 18.0 Å². The molecule has 10 heteroatoms. The molecule has 4 rings (SSSR count). The van der Waals surface area contributed by atoms with Crippen molar-refractivity contribution in [2.45, 2.75) is 25.4 Å². The molecule has 3 aliphatic rings. The van der Waals surface area contributed by atoms with Crippen LogP contribution in [0.25, 0.3) is 0 Å². The van der Waals surface area contributed by atoms with Gasteiger partial charge in [0.05, 0.1) is 13.7 Å². The van der Waals surface area contributed by atoms with E-state index in [0.717, 1.165) is 57.5 Å². The van der Waals surface area contributed by atoms with Gasteiger partial charge in [-0.2, -0.15) is 13.2 Å². The predicted octanol–water partition coefficient (Wildman–Crippen LogP) is 3.15. The van der Waals surface area contributed by atoms with Crippen LogP contribution in [0.1, 0.15) is 29.6 Å². The second-order valence-corrected chi connectivity index (χ2v) is 9.25. The minimum atomic E-state index is -5.08. The molecular formula is C23H31F3N2O5. The van der Waals surface area contributed by atoms with E-state index in [4.69, 9.17) is 19.4 Å². The van der Waals surface area contributed by atoms with Crippen molar-refractivity contribution < 1.29 is 37.3 Å². The average Bonchev–Trinajstić information content (AvgIpc) is 3.41. The molecule has 2 saturated heterocycles. The summed E-state index contributed by atoms with van der Waals surface area (Å²) in [7, 11) is 3.82. The van der Waals surface area contributed by atoms with E-state index in [1.807, 2.05) is 29.2 Å². The number of hydrogen-bond donors (Lipinski definition) is 1. The van der Waals surface area contributed by atoms with Crippen LogP contribution in [0, 0.1) is 17.3 Å². The third-order valence-corrected chi connectivity index (χ3v) is 6.58. The molecule has 0 unspecified atom stereocenters. The first kappa shape index (κ1) is 25.3. The van der Waals surface area contributed by atoms with Gasteiger partial charge in [0.15, 0.2) is 0 Å². The van der Waals surface area contributed by atoms with E-state index in [1.54, 1.807) is 7.11 Å². The van der Waals surface area contributed by atoms with Gasteiger partial charge in [-0.3, -0.25) is 4.79 Å². The summed E-state index contributed by atoms with van der Waals surface area (Å²) in [6, 6.07) is 7.48. The Morgan fingerprint density at radius 3 is 2.52 bits per heavy atom. The smallest absolute Gasteiger partial charge is 0.490 e. The lowest BCUT2D eigenvalue weighted by Crippen LogP contribution is -2.38. The first-order valence-corrected chi connectivity index (χ1v) is 11.0. The number of hydrogen-bond acceptors (Lipinski definition) is 5. The molecule has 7 nitrogen and oxygen atoms in total. The standard InChI is InChI=1S/C21H30N2O3.C2HF3O2/c1-22-11-18(13-26-12-16-6-7-16)21(14-22)8-9-23(15-21)20(24)17-4-3-5-19(10-17)25-2;3-2(4,5)1(6)7/h3-5,10,16,18H,6-9,11-15H2,1-2H3;(H,6,7)/t18-,21-;/m1./s1.